The van der Waals surface area contributed by atoms with Crippen LogP contribution < -0.4 is 21.5 Å². The van der Waals surface area contributed by atoms with Crippen LogP contribution in [0.25, 0.3) is 0 Å². The number of hydrazine groups is 2. The Bertz CT molecular complexity index is 380. The molecule has 0 radical (unpaired) electrons. The van der Waals surface area contributed by atoms with Gasteiger partial charge in [0.05, 0.1) is 6.17 Å². The topological polar surface area (TPSA) is 51.4 Å². The molecule has 5 heteroatoms. The van der Waals surface area contributed by atoms with E-state index in [0.717, 1.165) is 32.7 Å². The molecular weight excluding hydrogens is 430 g/mol. The van der Waals surface area contributed by atoms with Gasteiger partial charge in [0.1, 0.15) is 0 Å². The van der Waals surface area contributed by atoms with Crippen molar-refractivity contribution in [2.45, 2.75) is 162 Å². The van der Waals surface area contributed by atoms with Crippen LogP contribution in [-0.4, -0.2) is 44.0 Å². The second kappa shape index (κ2) is 30.0. The fraction of sp³-hybridized carbons (Fsp3) is 1.00. The van der Waals surface area contributed by atoms with Crippen molar-refractivity contribution in [1.29, 1.82) is 0 Å². The number of hydrogen-bond donors (Lipinski definition) is 4. The summed E-state index contributed by atoms with van der Waals surface area (Å²) in [5.41, 5.74) is 7.32. The lowest BCUT2D eigenvalue weighted by Gasteiger charge is -2.24. The first-order valence-corrected chi connectivity index (χ1v) is 16.0. The monoisotopic (exact) mass is 498 g/mol. The Balaban J connectivity index is 4.02. The number of rotatable bonds is 30. The molecule has 1 atom stereocenters. The number of nitrogens with one attached hydrogen (secondary N) is 4. The van der Waals surface area contributed by atoms with Crippen LogP contribution in [0.4, 0.5) is 0 Å². The van der Waals surface area contributed by atoms with Crippen molar-refractivity contribution in [2.24, 2.45) is 0 Å². The maximum atomic E-state index is 3.76. The molecular formula is C30H67N5. The van der Waals surface area contributed by atoms with E-state index in [1.54, 1.807) is 0 Å². The largest absolute Gasteiger partial charge is 0.302 e. The molecule has 4 N–H and O–H groups in total. The lowest BCUT2D eigenvalue weighted by molar-refractivity contribution is 0.108. The van der Waals surface area contributed by atoms with Gasteiger partial charge in [0.25, 0.3) is 0 Å². The molecule has 0 heterocycles. The van der Waals surface area contributed by atoms with E-state index in [1.807, 2.05) is 0 Å². The minimum atomic E-state index is 0.507. The second-order valence-corrected chi connectivity index (χ2v) is 10.5. The predicted molar refractivity (Wildman–Crippen MR) is 158 cm³/mol. The van der Waals surface area contributed by atoms with Gasteiger partial charge in [-0.15, -0.1) is 0 Å². The molecule has 0 spiro atoms. The Morgan fingerprint density at radius 3 is 1.49 bits per heavy atom. The van der Waals surface area contributed by atoms with Gasteiger partial charge in [-0.05, 0) is 51.6 Å². The molecule has 0 amide bonds. The highest BCUT2D eigenvalue weighted by molar-refractivity contribution is 4.65. The molecule has 0 aromatic carbocycles. The number of nitrogens with zero attached hydrogens (tertiary/aromatic N) is 1. The fourth-order valence-corrected chi connectivity index (χ4v) is 4.45. The Morgan fingerprint density at radius 1 is 0.429 bits per heavy atom. The van der Waals surface area contributed by atoms with Crippen molar-refractivity contribution >= 4 is 0 Å². The average Bonchev–Trinajstić information content (AvgIpc) is 2.87. The van der Waals surface area contributed by atoms with Crippen LogP contribution in [0.2, 0.25) is 0 Å². The van der Waals surface area contributed by atoms with E-state index >= 15 is 0 Å². The number of unbranched alkanes of at least 4 members (excludes halogenated alkanes) is 14. The zero-order chi connectivity index (χ0) is 25.7. The van der Waals surface area contributed by atoms with Crippen LogP contribution in [0.3, 0.4) is 0 Å². The maximum Gasteiger partial charge on any atom is 0.0571 e. The first kappa shape index (κ1) is 34.8. The third kappa shape index (κ3) is 26.7. The molecule has 0 fully saturated rings. The maximum absolute atomic E-state index is 3.76. The molecule has 0 aromatic heterocycles. The van der Waals surface area contributed by atoms with Gasteiger partial charge >= 0.3 is 0 Å². The van der Waals surface area contributed by atoms with Gasteiger partial charge in [0.15, 0.2) is 0 Å². The summed E-state index contributed by atoms with van der Waals surface area (Å²) in [6, 6.07) is 0. The minimum absolute atomic E-state index is 0.507. The van der Waals surface area contributed by atoms with Crippen LogP contribution in [0.15, 0.2) is 0 Å². The third-order valence-corrected chi connectivity index (χ3v) is 6.88. The summed E-state index contributed by atoms with van der Waals surface area (Å²) in [5, 5.41) is 9.82. The van der Waals surface area contributed by atoms with Crippen molar-refractivity contribution < 1.29 is 0 Å². The van der Waals surface area contributed by atoms with E-state index in [4.69, 9.17) is 0 Å². The van der Waals surface area contributed by atoms with E-state index in [9.17, 15) is 0 Å². The predicted octanol–water partition coefficient (Wildman–Crippen LogP) is 7.68. The average molecular weight is 498 g/mol. The van der Waals surface area contributed by atoms with Crippen LogP contribution >= 0.6 is 0 Å². The number of hydrogen-bond acceptors (Lipinski definition) is 5. The Morgan fingerprint density at radius 2 is 0.857 bits per heavy atom. The van der Waals surface area contributed by atoms with Gasteiger partial charge in [0, 0.05) is 19.6 Å². The van der Waals surface area contributed by atoms with Gasteiger partial charge in [-0.1, -0.05) is 118 Å². The molecule has 0 aromatic rings. The van der Waals surface area contributed by atoms with Gasteiger partial charge < -0.3 is 10.6 Å². The molecule has 1 unspecified atom stereocenters. The summed E-state index contributed by atoms with van der Waals surface area (Å²) in [6.45, 7) is 14.7. The van der Waals surface area contributed by atoms with Crippen molar-refractivity contribution in [3.63, 3.8) is 0 Å². The Labute approximate surface area is 221 Å². The molecule has 0 aliphatic heterocycles. The van der Waals surface area contributed by atoms with E-state index in [0.29, 0.717) is 6.17 Å². The summed E-state index contributed by atoms with van der Waals surface area (Å²) in [6.07, 6.45) is 26.9. The molecule has 212 valence electrons. The third-order valence-electron chi connectivity index (χ3n) is 6.88. The van der Waals surface area contributed by atoms with E-state index in [-0.39, 0.29) is 0 Å². The standard InChI is InChI=1S/C30H67N5/c1-5-9-13-17-22-28-34-35(33-27-21-14-10-6-2)29-23-18-15-16-19-24-30(31-25-12-8-4)32-26-20-11-7-3/h30-34H,5-29H2,1-4H3. The molecule has 0 saturated carbocycles. The van der Waals surface area contributed by atoms with Crippen molar-refractivity contribution in [3.8, 4) is 0 Å². The van der Waals surface area contributed by atoms with Crippen molar-refractivity contribution in [3.05, 3.63) is 0 Å². The van der Waals surface area contributed by atoms with Crippen molar-refractivity contribution in [1.82, 2.24) is 26.6 Å². The highest BCUT2D eigenvalue weighted by atomic mass is 15.7. The summed E-state index contributed by atoms with van der Waals surface area (Å²) < 4.78 is 0. The quantitative estimate of drug-likeness (QED) is 0.0465. The normalized spacial score (nSPS) is 12.6. The first-order valence-electron chi connectivity index (χ1n) is 16.0. The first-order chi connectivity index (χ1) is 17.3. The molecule has 0 aliphatic rings. The Kier molecular flexibility index (Phi) is 29.9. The van der Waals surface area contributed by atoms with Crippen LogP contribution in [-0.2, 0) is 0 Å². The lowest BCUT2D eigenvalue weighted by Crippen LogP contribution is -2.49. The molecule has 0 aliphatic carbocycles. The van der Waals surface area contributed by atoms with E-state index in [1.165, 1.54) is 128 Å². The second-order valence-electron chi connectivity index (χ2n) is 10.5. The van der Waals surface area contributed by atoms with Crippen LogP contribution in [0.5, 0.6) is 0 Å². The van der Waals surface area contributed by atoms with Crippen LogP contribution in [0, 0.1) is 0 Å². The van der Waals surface area contributed by atoms with E-state index in [2.05, 4.69) is 54.3 Å². The summed E-state index contributed by atoms with van der Waals surface area (Å²) in [7, 11) is 0. The minimum Gasteiger partial charge on any atom is -0.302 e. The zero-order valence-electron chi connectivity index (χ0n) is 24.7. The molecule has 0 bridgehead atoms. The van der Waals surface area contributed by atoms with Crippen LogP contribution in [0.1, 0.15) is 156 Å². The van der Waals surface area contributed by atoms with E-state index < -0.39 is 0 Å². The highest BCUT2D eigenvalue weighted by Crippen LogP contribution is 2.08. The van der Waals surface area contributed by atoms with Gasteiger partial charge in [-0.25, -0.2) is 10.9 Å². The highest BCUT2D eigenvalue weighted by Gasteiger charge is 2.07. The molecule has 0 saturated heterocycles. The summed E-state index contributed by atoms with van der Waals surface area (Å²) >= 11 is 0. The SMILES string of the molecule is CCCCCCCNN(CCCCCCCC(NCCCC)NCCCCC)NCCCCCC. The smallest absolute Gasteiger partial charge is 0.0571 e. The fourth-order valence-electron chi connectivity index (χ4n) is 4.45. The van der Waals surface area contributed by atoms with Gasteiger partial charge in [0.2, 0.25) is 0 Å². The zero-order valence-corrected chi connectivity index (χ0v) is 24.7. The molecule has 5 nitrogen and oxygen atoms in total. The molecule has 0 rings (SSSR count). The summed E-state index contributed by atoms with van der Waals surface area (Å²) in [4.78, 5) is 0. The van der Waals surface area contributed by atoms with Crippen molar-refractivity contribution in [2.75, 3.05) is 32.7 Å². The van der Waals surface area contributed by atoms with Gasteiger partial charge in [-0.3, -0.25) is 0 Å². The lowest BCUT2D eigenvalue weighted by atomic mass is 10.1. The Hall–Kier alpha value is -0.200. The summed E-state index contributed by atoms with van der Waals surface area (Å²) in [5.74, 6) is 0. The van der Waals surface area contributed by atoms with Gasteiger partial charge in [-0.2, -0.15) is 5.12 Å². The molecule has 35 heavy (non-hydrogen) atoms.